The van der Waals surface area contributed by atoms with Crippen LogP contribution < -0.4 is 9.47 Å². The standard InChI is InChI=1S/C27H31ClN2O5S/c1-33-24-6-3-5-21(17-24)20-35-27(22-9-11-23(28)12-10-22)19-29-13-15-30(16-14-29)36(31,32)26-8-4-7-25(18-26)34-2/h3-12,17-18,27H,13-16,19-20H2,1-2H3. The molecule has 192 valence electrons. The highest BCUT2D eigenvalue weighted by molar-refractivity contribution is 7.89. The number of sulfonamides is 1. The predicted molar refractivity (Wildman–Crippen MR) is 140 cm³/mol. The zero-order valence-electron chi connectivity index (χ0n) is 20.5. The van der Waals surface area contributed by atoms with E-state index in [0.717, 1.165) is 16.9 Å². The molecule has 0 aliphatic carbocycles. The highest BCUT2D eigenvalue weighted by Crippen LogP contribution is 2.26. The van der Waals surface area contributed by atoms with E-state index in [4.69, 9.17) is 25.8 Å². The zero-order chi connectivity index (χ0) is 25.5. The molecule has 1 aliphatic heterocycles. The summed E-state index contributed by atoms with van der Waals surface area (Å²) in [6.45, 7) is 3.09. The monoisotopic (exact) mass is 530 g/mol. The lowest BCUT2D eigenvalue weighted by Crippen LogP contribution is -2.49. The van der Waals surface area contributed by atoms with E-state index in [-0.39, 0.29) is 11.0 Å². The Morgan fingerprint density at radius 3 is 2.17 bits per heavy atom. The molecule has 1 aliphatic rings. The van der Waals surface area contributed by atoms with E-state index >= 15 is 0 Å². The molecule has 0 radical (unpaired) electrons. The minimum atomic E-state index is -3.59. The molecular weight excluding hydrogens is 500 g/mol. The number of halogens is 1. The number of hydrogen-bond donors (Lipinski definition) is 0. The van der Waals surface area contributed by atoms with Crippen LogP contribution >= 0.6 is 11.6 Å². The molecule has 1 unspecified atom stereocenters. The number of methoxy groups -OCH3 is 2. The molecule has 0 bridgehead atoms. The lowest BCUT2D eigenvalue weighted by atomic mass is 10.1. The van der Waals surface area contributed by atoms with Gasteiger partial charge in [0.05, 0.1) is 31.8 Å². The van der Waals surface area contributed by atoms with E-state index in [0.29, 0.717) is 50.1 Å². The van der Waals surface area contributed by atoms with E-state index in [2.05, 4.69) is 4.90 Å². The van der Waals surface area contributed by atoms with Gasteiger partial charge in [-0.25, -0.2) is 8.42 Å². The van der Waals surface area contributed by atoms with Crippen molar-refractivity contribution < 1.29 is 22.6 Å². The highest BCUT2D eigenvalue weighted by atomic mass is 35.5. The summed E-state index contributed by atoms with van der Waals surface area (Å²) in [6, 6.07) is 22.1. The first kappa shape index (κ1) is 26.4. The van der Waals surface area contributed by atoms with Gasteiger partial charge >= 0.3 is 0 Å². The van der Waals surface area contributed by atoms with Gasteiger partial charge < -0.3 is 14.2 Å². The normalized spacial score (nSPS) is 16.0. The molecule has 1 heterocycles. The molecule has 3 aromatic rings. The molecule has 0 amide bonds. The van der Waals surface area contributed by atoms with Crippen molar-refractivity contribution in [2.45, 2.75) is 17.6 Å². The van der Waals surface area contributed by atoms with Gasteiger partial charge in [-0.3, -0.25) is 4.90 Å². The second-order valence-electron chi connectivity index (χ2n) is 8.59. The van der Waals surface area contributed by atoms with Crippen molar-refractivity contribution in [3.63, 3.8) is 0 Å². The van der Waals surface area contributed by atoms with Gasteiger partial charge in [-0.05, 0) is 47.5 Å². The molecule has 0 spiro atoms. The summed E-state index contributed by atoms with van der Waals surface area (Å²) in [5.41, 5.74) is 2.04. The van der Waals surface area contributed by atoms with Gasteiger partial charge in [-0.15, -0.1) is 0 Å². The Kier molecular flexibility index (Phi) is 8.87. The van der Waals surface area contributed by atoms with Gasteiger partial charge in [-0.2, -0.15) is 4.31 Å². The molecule has 4 rings (SSSR count). The summed E-state index contributed by atoms with van der Waals surface area (Å²) in [5.74, 6) is 1.31. The Hall–Kier alpha value is -2.62. The molecule has 9 heteroatoms. The molecule has 7 nitrogen and oxygen atoms in total. The summed E-state index contributed by atoms with van der Waals surface area (Å²) in [4.78, 5) is 2.48. The highest BCUT2D eigenvalue weighted by Gasteiger charge is 2.30. The van der Waals surface area contributed by atoms with Crippen molar-refractivity contribution in [3.05, 3.63) is 88.9 Å². The SMILES string of the molecule is COc1cccc(COC(CN2CCN(S(=O)(=O)c3cccc(OC)c3)CC2)c2ccc(Cl)cc2)c1. The predicted octanol–water partition coefficient (Wildman–Crippen LogP) is 4.62. The minimum Gasteiger partial charge on any atom is -0.497 e. The lowest BCUT2D eigenvalue weighted by Gasteiger charge is -2.36. The average Bonchev–Trinajstić information content (AvgIpc) is 2.92. The molecule has 36 heavy (non-hydrogen) atoms. The second kappa shape index (κ2) is 12.1. The maximum absolute atomic E-state index is 13.2. The third-order valence-corrected chi connectivity index (χ3v) is 8.41. The Bertz CT molecular complexity index is 1250. The van der Waals surface area contributed by atoms with Crippen LogP contribution in [0.1, 0.15) is 17.2 Å². The van der Waals surface area contributed by atoms with Crippen LogP contribution in [0.25, 0.3) is 0 Å². The number of rotatable bonds is 10. The first-order valence-electron chi connectivity index (χ1n) is 11.8. The maximum atomic E-state index is 13.2. The number of hydrogen-bond acceptors (Lipinski definition) is 6. The van der Waals surface area contributed by atoms with Crippen LogP contribution in [0.4, 0.5) is 0 Å². The number of ether oxygens (including phenoxy) is 3. The molecule has 1 fully saturated rings. The number of nitrogens with zero attached hydrogens (tertiary/aromatic N) is 2. The fourth-order valence-electron chi connectivity index (χ4n) is 4.19. The maximum Gasteiger partial charge on any atom is 0.243 e. The van der Waals surface area contributed by atoms with Crippen molar-refractivity contribution in [2.24, 2.45) is 0 Å². The van der Waals surface area contributed by atoms with Gasteiger partial charge in [0.1, 0.15) is 11.5 Å². The molecule has 0 saturated carbocycles. The van der Waals surface area contributed by atoms with Gasteiger partial charge in [-0.1, -0.05) is 41.9 Å². The van der Waals surface area contributed by atoms with Crippen LogP contribution in [-0.2, 0) is 21.4 Å². The van der Waals surface area contributed by atoms with Gasteiger partial charge in [0.25, 0.3) is 0 Å². The first-order valence-corrected chi connectivity index (χ1v) is 13.6. The van der Waals surface area contributed by atoms with Crippen molar-refractivity contribution in [1.82, 2.24) is 9.21 Å². The fourth-order valence-corrected chi connectivity index (χ4v) is 5.77. The average molecular weight is 531 g/mol. The lowest BCUT2D eigenvalue weighted by molar-refractivity contribution is 0.00767. The summed E-state index contributed by atoms with van der Waals surface area (Å²) < 4.78 is 44.7. The van der Waals surface area contributed by atoms with Crippen molar-refractivity contribution in [3.8, 4) is 11.5 Å². The molecule has 3 aromatic carbocycles. The smallest absolute Gasteiger partial charge is 0.243 e. The van der Waals surface area contributed by atoms with Crippen LogP contribution in [0, 0.1) is 0 Å². The van der Waals surface area contributed by atoms with Crippen molar-refractivity contribution in [2.75, 3.05) is 46.9 Å². The second-order valence-corrected chi connectivity index (χ2v) is 11.0. The minimum absolute atomic E-state index is 0.199. The topological polar surface area (TPSA) is 68.3 Å². The quantitative estimate of drug-likeness (QED) is 0.381. The van der Waals surface area contributed by atoms with Gasteiger partial charge in [0, 0.05) is 43.8 Å². The first-order chi connectivity index (χ1) is 17.4. The summed E-state index contributed by atoms with van der Waals surface area (Å²) in [6.07, 6.45) is -0.199. The molecule has 1 saturated heterocycles. The fraction of sp³-hybridized carbons (Fsp3) is 0.333. The number of benzene rings is 3. The third-order valence-electron chi connectivity index (χ3n) is 6.26. The Morgan fingerprint density at radius 2 is 1.50 bits per heavy atom. The van der Waals surface area contributed by atoms with Crippen LogP contribution in [0.5, 0.6) is 11.5 Å². The molecule has 0 N–H and O–H groups in total. The van der Waals surface area contributed by atoms with Gasteiger partial charge in [0.2, 0.25) is 10.0 Å². The van der Waals surface area contributed by atoms with E-state index in [1.54, 1.807) is 31.4 Å². The zero-order valence-corrected chi connectivity index (χ0v) is 22.0. The molecule has 1 atom stereocenters. The summed E-state index contributed by atoms with van der Waals surface area (Å²) in [7, 11) is -0.418. The van der Waals surface area contributed by atoms with Crippen molar-refractivity contribution >= 4 is 21.6 Å². The van der Waals surface area contributed by atoms with E-state index in [1.165, 1.54) is 11.4 Å². The molecular formula is C27H31ClN2O5S. The number of piperazine rings is 1. The van der Waals surface area contributed by atoms with E-state index in [1.807, 2.05) is 48.5 Å². The van der Waals surface area contributed by atoms with Crippen LogP contribution in [-0.4, -0.2) is 64.6 Å². The van der Waals surface area contributed by atoms with E-state index < -0.39 is 10.0 Å². The Labute approximate surface area is 218 Å². The van der Waals surface area contributed by atoms with Crippen LogP contribution in [0.15, 0.2) is 77.7 Å². The largest absolute Gasteiger partial charge is 0.497 e. The van der Waals surface area contributed by atoms with Crippen molar-refractivity contribution in [1.29, 1.82) is 0 Å². The molecule has 0 aromatic heterocycles. The van der Waals surface area contributed by atoms with Gasteiger partial charge in [0.15, 0.2) is 0 Å². The summed E-state index contributed by atoms with van der Waals surface area (Å²) in [5, 5.41) is 0.668. The Morgan fingerprint density at radius 1 is 0.861 bits per heavy atom. The van der Waals surface area contributed by atoms with E-state index in [9.17, 15) is 8.42 Å². The third kappa shape index (κ3) is 6.57. The summed E-state index contributed by atoms with van der Waals surface area (Å²) >= 11 is 6.11. The van der Waals surface area contributed by atoms with Crippen LogP contribution in [0.3, 0.4) is 0 Å². The van der Waals surface area contributed by atoms with Crippen LogP contribution in [0.2, 0.25) is 5.02 Å². The Balaban J connectivity index is 1.42.